The highest BCUT2D eigenvalue weighted by Crippen LogP contribution is 2.25. The van der Waals surface area contributed by atoms with Crippen molar-refractivity contribution >= 4 is 11.9 Å². The lowest BCUT2D eigenvalue weighted by molar-refractivity contribution is 0.0263. The van der Waals surface area contributed by atoms with Crippen LogP contribution in [0.4, 0.5) is 10.6 Å². The molecule has 0 spiro atoms. The van der Waals surface area contributed by atoms with Gasteiger partial charge in [0.25, 0.3) is 0 Å². The van der Waals surface area contributed by atoms with Crippen LogP contribution < -0.4 is 4.90 Å². The molecule has 3 heterocycles. The zero-order valence-electron chi connectivity index (χ0n) is 16.6. The Morgan fingerprint density at radius 1 is 1.18 bits per heavy atom. The van der Waals surface area contributed by atoms with Crippen molar-refractivity contribution in [2.45, 2.75) is 32.8 Å². The van der Waals surface area contributed by atoms with Crippen LogP contribution in [0.2, 0.25) is 0 Å². The molecule has 0 unspecified atom stereocenters. The summed E-state index contributed by atoms with van der Waals surface area (Å²) in [6, 6.07) is 9.66. The number of aromatic nitrogens is 2. The molecule has 0 aromatic carbocycles. The Bertz CT molecular complexity index is 871. The molecule has 3 rings (SSSR count). The van der Waals surface area contributed by atoms with Crippen LogP contribution in [-0.2, 0) is 4.74 Å². The highest BCUT2D eigenvalue weighted by atomic mass is 16.6. The molecule has 28 heavy (non-hydrogen) atoms. The molecule has 1 amide bonds. The Balaban J connectivity index is 1.80. The minimum absolute atomic E-state index is 0.299. The second-order valence-electron chi connectivity index (χ2n) is 7.73. The number of hydrogen-bond acceptors (Lipinski definition) is 6. The molecule has 1 fully saturated rings. The van der Waals surface area contributed by atoms with E-state index in [9.17, 15) is 10.1 Å². The van der Waals surface area contributed by atoms with Crippen molar-refractivity contribution in [3.8, 4) is 17.3 Å². The monoisotopic (exact) mass is 379 g/mol. The number of hydrogen-bond donors (Lipinski definition) is 0. The van der Waals surface area contributed by atoms with E-state index in [4.69, 9.17) is 9.72 Å². The maximum atomic E-state index is 12.4. The molecule has 146 valence electrons. The van der Waals surface area contributed by atoms with E-state index in [0.717, 1.165) is 24.2 Å². The zero-order chi connectivity index (χ0) is 20.1. The van der Waals surface area contributed by atoms with Crippen molar-refractivity contribution < 1.29 is 9.53 Å². The number of carbonyl (C=O) groups is 1. The molecule has 0 aliphatic carbocycles. The van der Waals surface area contributed by atoms with E-state index in [1.54, 1.807) is 23.4 Å². The van der Waals surface area contributed by atoms with Crippen LogP contribution in [0, 0.1) is 11.3 Å². The van der Waals surface area contributed by atoms with Crippen molar-refractivity contribution in [2.75, 3.05) is 31.1 Å². The first kappa shape index (κ1) is 19.6. The summed E-state index contributed by atoms with van der Waals surface area (Å²) in [4.78, 5) is 25.1. The minimum Gasteiger partial charge on any atom is -0.444 e. The highest BCUT2D eigenvalue weighted by Gasteiger charge is 2.25. The van der Waals surface area contributed by atoms with Crippen molar-refractivity contribution in [3.63, 3.8) is 0 Å². The van der Waals surface area contributed by atoms with Gasteiger partial charge in [-0.2, -0.15) is 5.26 Å². The van der Waals surface area contributed by atoms with Crippen LogP contribution in [0.3, 0.4) is 0 Å². The summed E-state index contributed by atoms with van der Waals surface area (Å²) in [6.45, 7) is 8.05. The maximum absolute atomic E-state index is 12.4. The predicted molar refractivity (Wildman–Crippen MR) is 107 cm³/mol. The quantitative estimate of drug-likeness (QED) is 0.795. The second kappa shape index (κ2) is 8.26. The molecule has 0 radical (unpaired) electrons. The Kier molecular flexibility index (Phi) is 5.78. The van der Waals surface area contributed by atoms with Crippen LogP contribution in [-0.4, -0.2) is 52.7 Å². The topological polar surface area (TPSA) is 82.3 Å². The summed E-state index contributed by atoms with van der Waals surface area (Å²) in [7, 11) is 0. The third kappa shape index (κ3) is 4.77. The molecule has 0 N–H and O–H groups in total. The average Bonchev–Trinajstić information content (AvgIpc) is 2.93. The van der Waals surface area contributed by atoms with Gasteiger partial charge in [-0.15, -0.1) is 0 Å². The van der Waals surface area contributed by atoms with Gasteiger partial charge in [-0.1, -0.05) is 0 Å². The van der Waals surface area contributed by atoms with E-state index < -0.39 is 5.60 Å². The number of nitrogens with zero attached hydrogens (tertiary/aromatic N) is 5. The Morgan fingerprint density at radius 2 is 2.00 bits per heavy atom. The summed E-state index contributed by atoms with van der Waals surface area (Å²) >= 11 is 0. The molecule has 2 aromatic rings. The minimum atomic E-state index is -0.517. The first-order valence-corrected chi connectivity index (χ1v) is 9.42. The largest absolute Gasteiger partial charge is 0.444 e. The molecular weight excluding hydrogens is 354 g/mol. The van der Waals surface area contributed by atoms with E-state index in [1.165, 1.54) is 0 Å². The van der Waals surface area contributed by atoms with Crippen molar-refractivity contribution in [1.82, 2.24) is 14.9 Å². The van der Waals surface area contributed by atoms with E-state index >= 15 is 0 Å². The number of anilines is 1. The van der Waals surface area contributed by atoms with E-state index in [0.29, 0.717) is 31.0 Å². The van der Waals surface area contributed by atoms with Crippen LogP contribution in [0.15, 0.2) is 36.7 Å². The van der Waals surface area contributed by atoms with Crippen LogP contribution in [0.5, 0.6) is 0 Å². The third-order valence-corrected chi connectivity index (χ3v) is 4.40. The summed E-state index contributed by atoms with van der Waals surface area (Å²) in [5.74, 6) is 0.648. The molecule has 1 aliphatic heterocycles. The number of amides is 1. The Hall–Kier alpha value is -3.14. The van der Waals surface area contributed by atoms with E-state index in [-0.39, 0.29) is 6.09 Å². The highest BCUT2D eigenvalue weighted by molar-refractivity contribution is 5.69. The summed E-state index contributed by atoms with van der Waals surface area (Å²) in [5.41, 5.74) is 1.68. The van der Waals surface area contributed by atoms with Gasteiger partial charge >= 0.3 is 6.09 Å². The molecule has 0 bridgehead atoms. The molecule has 1 aliphatic rings. The summed E-state index contributed by atoms with van der Waals surface area (Å²) in [6.07, 6.45) is 3.95. The molecule has 0 atom stereocenters. The third-order valence-electron chi connectivity index (χ3n) is 4.40. The van der Waals surface area contributed by atoms with Gasteiger partial charge in [-0.25, -0.2) is 9.78 Å². The fraction of sp³-hybridized carbons (Fsp3) is 0.429. The molecule has 7 heteroatoms. The van der Waals surface area contributed by atoms with Gasteiger partial charge in [0.05, 0.1) is 11.3 Å². The van der Waals surface area contributed by atoms with Crippen molar-refractivity contribution in [3.05, 3.63) is 42.2 Å². The number of pyridine rings is 2. The van der Waals surface area contributed by atoms with Crippen molar-refractivity contribution in [2.24, 2.45) is 0 Å². The number of ether oxygens (including phenoxy) is 1. The number of carbonyl (C=O) groups excluding carboxylic acids is 1. The predicted octanol–water partition coefficient (Wildman–Crippen LogP) is 3.46. The summed E-state index contributed by atoms with van der Waals surface area (Å²) in [5, 5.41) is 9.54. The van der Waals surface area contributed by atoms with Gasteiger partial charge in [0, 0.05) is 44.1 Å². The van der Waals surface area contributed by atoms with Crippen molar-refractivity contribution in [1.29, 1.82) is 5.26 Å². The lowest BCUT2D eigenvalue weighted by atomic mass is 10.1. The van der Waals surface area contributed by atoms with Gasteiger partial charge in [0.1, 0.15) is 17.5 Å². The Labute approximate surface area is 165 Å². The number of rotatable bonds is 2. The molecule has 7 nitrogen and oxygen atoms in total. The average molecular weight is 379 g/mol. The standard InChI is InChI=1S/C21H25N5O2/c1-21(2,3)28-20(27)26-11-5-10-25(12-13-26)19-16(14-22)7-8-18(24-19)17-6-4-9-23-15-17/h4,6-9,15H,5,10-13H2,1-3H3. The first-order chi connectivity index (χ1) is 13.4. The van der Waals surface area contributed by atoms with Gasteiger partial charge in [0.2, 0.25) is 0 Å². The number of nitriles is 1. The van der Waals surface area contributed by atoms with E-state index in [2.05, 4.69) is 16.0 Å². The Morgan fingerprint density at radius 3 is 2.68 bits per heavy atom. The van der Waals surface area contributed by atoms with E-state index in [1.807, 2.05) is 39.0 Å². The molecular formula is C21H25N5O2. The lowest BCUT2D eigenvalue weighted by Crippen LogP contribution is -2.39. The zero-order valence-corrected chi connectivity index (χ0v) is 16.6. The maximum Gasteiger partial charge on any atom is 0.410 e. The second-order valence-corrected chi connectivity index (χ2v) is 7.73. The SMILES string of the molecule is CC(C)(C)OC(=O)N1CCCN(c2nc(-c3cccnc3)ccc2C#N)CC1. The first-order valence-electron chi connectivity index (χ1n) is 9.42. The lowest BCUT2D eigenvalue weighted by Gasteiger charge is -2.27. The van der Waals surface area contributed by atoms with Gasteiger partial charge in [-0.3, -0.25) is 4.98 Å². The molecule has 2 aromatic heterocycles. The molecule has 0 saturated carbocycles. The normalized spacial score (nSPS) is 14.9. The fourth-order valence-electron chi connectivity index (χ4n) is 3.09. The fourth-order valence-corrected chi connectivity index (χ4v) is 3.09. The van der Waals surface area contributed by atoms with Crippen LogP contribution in [0.25, 0.3) is 11.3 Å². The van der Waals surface area contributed by atoms with Gasteiger partial charge in [0.15, 0.2) is 0 Å². The molecule has 1 saturated heterocycles. The van der Waals surface area contributed by atoms with Crippen LogP contribution in [0.1, 0.15) is 32.8 Å². The van der Waals surface area contributed by atoms with Gasteiger partial charge < -0.3 is 14.5 Å². The van der Waals surface area contributed by atoms with Crippen LogP contribution >= 0.6 is 0 Å². The van der Waals surface area contributed by atoms with Gasteiger partial charge in [-0.05, 0) is 51.5 Å². The smallest absolute Gasteiger partial charge is 0.410 e. The summed E-state index contributed by atoms with van der Waals surface area (Å²) < 4.78 is 5.49.